The average molecular weight is 265 g/mol. The number of nitriles is 1. The van der Waals surface area contributed by atoms with Gasteiger partial charge in [0.2, 0.25) is 0 Å². The minimum atomic E-state index is -0.527. The molecule has 0 saturated heterocycles. The zero-order valence-corrected chi connectivity index (χ0v) is 12.1. The van der Waals surface area contributed by atoms with E-state index in [1.807, 2.05) is 31.2 Å². The van der Waals surface area contributed by atoms with Crippen molar-refractivity contribution in [1.29, 1.82) is 5.26 Å². The number of rotatable bonds is 6. The molecule has 0 fully saturated rings. The molecule has 1 aromatic carbocycles. The lowest BCUT2D eigenvalue weighted by molar-refractivity contribution is 0.404. The summed E-state index contributed by atoms with van der Waals surface area (Å²) in [7, 11) is 0. The number of benzene rings is 1. The summed E-state index contributed by atoms with van der Waals surface area (Å²) in [5, 5.41) is 13.5. The Morgan fingerprint density at radius 2 is 2.06 bits per heavy atom. The molecule has 98 valence electrons. The summed E-state index contributed by atoms with van der Waals surface area (Å²) in [6.07, 6.45) is 2.68. The van der Waals surface area contributed by atoms with Gasteiger partial charge in [-0.3, -0.25) is 0 Å². The SMILES string of the molecule is CCC(C)CC(C#N)(CC)Nc1ccccc1Cl. The summed E-state index contributed by atoms with van der Waals surface area (Å²) in [6, 6.07) is 10.0. The van der Waals surface area contributed by atoms with Crippen LogP contribution >= 0.6 is 11.6 Å². The molecule has 0 radical (unpaired) electrons. The number of para-hydroxylation sites is 1. The highest BCUT2D eigenvalue weighted by Gasteiger charge is 2.30. The van der Waals surface area contributed by atoms with Crippen molar-refractivity contribution in [3.63, 3.8) is 0 Å². The topological polar surface area (TPSA) is 35.8 Å². The molecule has 1 aromatic rings. The van der Waals surface area contributed by atoms with Crippen molar-refractivity contribution in [1.82, 2.24) is 0 Å². The summed E-state index contributed by atoms with van der Waals surface area (Å²) < 4.78 is 0. The molecule has 0 aliphatic heterocycles. The van der Waals surface area contributed by atoms with Gasteiger partial charge in [0.25, 0.3) is 0 Å². The highest BCUT2D eigenvalue weighted by Crippen LogP contribution is 2.30. The molecular formula is C15H21ClN2. The lowest BCUT2D eigenvalue weighted by Crippen LogP contribution is -2.37. The second kappa shape index (κ2) is 6.66. The first kappa shape index (κ1) is 14.9. The summed E-state index contributed by atoms with van der Waals surface area (Å²) in [6.45, 7) is 6.36. The first-order valence-corrected chi connectivity index (χ1v) is 6.88. The molecule has 0 aromatic heterocycles. The Morgan fingerprint density at radius 3 is 2.56 bits per heavy atom. The van der Waals surface area contributed by atoms with Gasteiger partial charge in [-0.05, 0) is 30.9 Å². The zero-order chi connectivity index (χ0) is 13.6. The van der Waals surface area contributed by atoms with Crippen LogP contribution < -0.4 is 5.32 Å². The number of hydrogen-bond donors (Lipinski definition) is 1. The maximum absolute atomic E-state index is 9.52. The van der Waals surface area contributed by atoms with Gasteiger partial charge < -0.3 is 5.32 Å². The largest absolute Gasteiger partial charge is 0.366 e. The van der Waals surface area contributed by atoms with Crippen LogP contribution in [0.5, 0.6) is 0 Å². The van der Waals surface area contributed by atoms with E-state index in [4.69, 9.17) is 11.6 Å². The molecule has 1 N–H and O–H groups in total. The molecule has 0 heterocycles. The Bertz CT molecular complexity index is 425. The molecule has 0 spiro atoms. The summed E-state index contributed by atoms with van der Waals surface area (Å²) in [5.41, 5.74) is 0.311. The third-order valence-electron chi connectivity index (χ3n) is 3.46. The summed E-state index contributed by atoms with van der Waals surface area (Å²) >= 11 is 6.14. The van der Waals surface area contributed by atoms with Gasteiger partial charge in [0.05, 0.1) is 16.8 Å². The van der Waals surface area contributed by atoms with Gasteiger partial charge in [-0.15, -0.1) is 0 Å². The van der Waals surface area contributed by atoms with Gasteiger partial charge in [-0.1, -0.05) is 50.9 Å². The molecule has 0 aliphatic rings. The number of nitrogens with one attached hydrogen (secondary N) is 1. The molecular weight excluding hydrogens is 244 g/mol. The second-order valence-corrected chi connectivity index (χ2v) is 5.28. The van der Waals surface area contributed by atoms with Gasteiger partial charge in [-0.25, -0.2) is 0 Å². The van der Waals surface area contributed by atoms with Crippen LogP contribution in [0.15, 0.2) is 24.3 Å². The van der Waals surface area contributed by atoms with E-state index in [1.54, 1.807) is 0 Å². The summed E-state index contributed by atoms with van der Waals surface area (Å²) in [4.78, 5) is 0. The zero-order valence-electron chi connectivity index (χ0n) is 11.3. The van der Waals surface area contributed by atoms with E-state index in [-0.39, 0.29) is 0 Å². The van der Waals surface area contributed by atoms with E-state index in [0.717, 1.165) is 24.9 Å². The number of halogens is 1. The van der Waals surface area contributed by atoms with Crippen molar-refractivity contribution >= 4 is 17.3 Å². The minimum Gasteiger partial charge on any atom is -0.366 e. The first-order chi connectivity index (χ1) is 8.56. The molecule has 18 heavy (non-hydrogen) atoms. The van der Waals surface area contributed by atoms with E-state index in [2.05, 4.69) is 25.2 Å². The van der Waals surface area contributed by atoms with Gasteiger partial charge in [0.1, 0.15) is 5.54 Å². The monoisotopic (exact) mass is 264 g/mol. The van der Waals surface area contributed by atoms with Crippen LogP contribution in [0.1, 0.15) is 40.0 Å². The van der Waals surface area contributed by atoms with Crippen molar-refractivity contribution < 1.29 is 0 Å². The quantitative estimate of drug-likeness (QED) is 0.796. The second-order valence-electron chi connectivity index (χ2n) is 4.87. The van der Waals surface area contributed by atoms with Crippen LogP contribution in [0.2, 0.25) is 5.02 Å². The Kier molecular flexibility index (Phi) is 5.50. The van der Waals surface area contributed by atoms with E-state index in [0.29, 0.717) is 10.9 Å². The molecule has 0 bridgehead atoms. The maximum atomic E-state index is 9.52. The van der Waals surface area contributed by atoms with Crippen LogP contribution in [-0.2, 0) is 0 Å². The normalized spacial score (nSPS) is 15.5. The molecule has 2 unspecified atom stereocenters. The van der Waals surface area contributed by atoms with Crippen molar-refractivity contribution in [2.45, 2.75) is 45.6 Å². The van der Waals surface area contributed by atoms with E-state index in [1.165, 1.54) is 0 Å². The third kappa shape index (κ3) is 3.65. The average Bonchev–Trinajstić information content (AvgIpc) is 2.40. The molecule has 0 saturated carbocycles. The molecule has 2 nitrogen and oxygen atoms in total. The van der Waals surface area contributed by atoms with Gasteiger partial charge in [-0.2, -0.15) is 5.26 Å². The van der Waals surface area contributed by atoms with Crippen molar-refractivity contribution in [3.8, 4) is 6.07 Å². The Labute approximate surface area is 115 Å². The Morgan fingerprint density at radius 1 is 1.39 bits per heavy atom. The number of anilines is 1. The van der Waals surface area contributed by atoms with Gasteiger partial charge >= 0.3 is 0 Å². The standard InChI is InChI=1S/C15H21ClN2/c1-4-12(3)10-15(5-2,11-17)18-14-9-7-6-8-13(14)16/h6-9,12,18H,4-5,10H2,1-3H3. The maximum Gasteiger partial charge on any atom is 0.125 e. The molecule has 0 amide bonds. The lowest BCUT2D eigenvalue weighted by atomic mass is 9.85. The third-order valence-corrected chi connectivity index (χ3v) is 3.79. The first-order valence-electron chi connectivity index (χ1n) is 6.51. The fourth-order valence-corrected chi connectivity index (χ4v) is 2.18. The predicted molar refractivity (Wildman–Crippen MR) is 77.8 cm³/mol. The smallest absolute Gasteiger partial charge is 0.125 e. The van der Waals surface area contributed by atoms with Crippen LogP contribution in [-0.4, -0.2) is 5.54 Å². The lowest BCUT2D eigenvalue weighted by Gasteiger charge is -2.30. The Balaban J connectivity index is 2.93. The van der Waals surface area contributed by atoms with Crippen LogP contribution in [0, 0.1) is 17.2 Å². The number of nitrogens with zero attached hydrogens (tertiary/aromatic N) is 1. The fraction of sp³-hybridized carbons (Fsp3) is 0.533. The Hall–Kier alpha value is -1.20. The van der Waals surface area contributed by atoms with Crippen molar-refractivity contribution in [3.05, 3.63) is 29.3 Å². The molecule has 2 atom stereocenters. The van der Waals surface area contributed by atoms with Crippen molar-refractivity contribution in [2.24, 2.45) is 5.92 Å². The number of hydrogen-bond acceptors (Lipinski definition) is 2. The summed E-state index contributed by atoms with van der Waals surface area (Å²) in [5.74, 6) is 0.514. The highest BCUT2D eigenvalue weighted by molar-refractivity contribution is 6.33. The van der Waals surface area contributed by atoms with Gasteiger partial charge in [0.15, 0.2) is 0 Å². The molecule has 3 heteroatoms. The molecule has 0 aliphatic carbocycles. The minimum absolute atomic E-state index is 0.514. The van der Waals surface area contributed by atoms with Crippen LogP contribution in [0.25, 0.3) is 0 Å². The highest BCUT2D eigenvalue weighted by atomic mass is 35.5. The van der Waals surface area contributed by atoms with E-state index >= 15 is 0 Å². The predicted octanol–water partition coefficient (Wildman–Crippen LogP) is 4.86. The van der Waals surface area contributed by atoms with Crippen LogP contribution in [0.4, 0.5) is 5.69 Å². The van der Waals surface area contributed by atoms with E-state index in [9.17, 15) is 5.26 Å². The van der Waals surface area contributed by atoms with E-state index < -0.39 is 5.54 Å². The fourth-order valence-electron chi connectivity index (χ4n) is 2.00. The van der Waals surface area contributed by atoms with Crippen molar-refractivity contribution in [2.75, 3.05) is 5.32 Å². The molecule has 1 rings (SSSR count). The van der Waals surface area contributed by atoms with Gasteiger partial charge in [0, 0.05) is 0 Å². The van der Waals surface area contributed by atoms with Crippen LogP contribution in [0.3, 0.4) is 0 Å².